The molecule has 9 heteroatoms. The second-order valence-corrected chi connectivity index (χ2v) is 10.7. The van der Waals surface area contributed by atoms with E-state index in [0.29, 0.717) is 8.68 Å². The van der Waals surface area contributed by atoms with Gasteiger partial charge in [-0.1, -0.05) is 47.0 Å². The molecule has 0 atom stereocenters. The number of carbonyl (C=O) groups excluding carboxylic acids is 2. The van der Waals surface area contributed by atoms with Crippen molar-refractivity contribution in [3.8, 4) is 0 Å². The van der Waals surface area contributed by atoms with Crippen LogP contribution in [0.3, 0.4) is 0 Å². The van der Waals surface area contributed by atoms with Crippen molar-refractivity contribution in [1.29, 1.82) is 0 Å². The first-order valence-corrected chi connectivity index (χ1v) is 12.4. The van der Waals surface area contributed by atoms with Gasteiger partial charge in [0.1, 0.15) is 0 Å². The monoisotopic (exact) mass is 472 g/mol. The number of nitrogens with zero attached hydrogens (tertiary/aromatic N) is 2. The number of thioether (sulfide) groups is 2. The molecule has 3 aromatic rings. The molecule has 31 heavy (non-hydrogen) atoms. The highest BCUT2D eigenvalue weighted by Crippen LogP contribution is 2.29. The molecule has 1 heterocycles. The van der Waals surface area contributed by atoms with Crippen LogP contribution < -0.4 is 10.6 Å². The molecule has 0 fully saturated rings. The zero-order valence-corrected chi connectivity index (χ0v) is 20.3. The summed E-state index contributed by atoms with van der Waals surface area (Å²) in [5, 5.41) is 14.0. The third-order valence-corrected chi connectivity index (χ3v) is 7.24. The molecule has 2 aromatic carbocycles. The van der Waals surface area contributed by atoms with Gasteiger partial charge in [-0.15, -0.1) is 10.2 Å². The van der Waals surface area contributed by atoms with Gasteiger partial charge in [-0.25, -0.2) is 0 Å². The van der Waals surface area contributed by atoms with Crippen molar-refractivity contribution in [3.63, 3.8) is 0 Å². The Bertz CT molecular complexity index is 974. The van der Waals surface area contributed by atoms with Crippen molar-refractivity contribution >= 4 is 58.0 Å². The van der Waals surface area contributed by atoms with Gasteiger partial charge >= 0.3 is 0 Å². The van der Waals surface area contributed by atoms with Gasteiger partial charge in [-0.05, 0) is 74.2 Å². The highest BCUT2D eigenvalue weighted by atomic mass is 32.2. The van der Waals surface area contributed by atoms with Crippen LogP contribution >= 0.6 is 34.9 Å². The largest absolute Gasteiger partial charge is 0.325 e. The molecule has 6 nitrogen and oxygen atoms in total. The number of aryl methyl sites for hydroxylation is 4. The lowest BCUT2D eigenvalue weighted by Gasteiger charge is -2.07. The van der Waals surface area contributed by atoms with Crippen LogP contribution in [0.4, 0.5) is 11.4 Å². The fourth-order valence-corrected chi connectivity index (χ4v) is 5.68. The third kappa shape index (κ3) is 7.68. The first kappa shape index (κ1) is 23.3. The third-order valence-electron chi connectivity index (χ3n) is 4.05. The molecule has 0 radical (unpaired) electrons. The van der Waals surface area contributed by atoms with E-state index in [1.165, 1.54) is 34.9 Å². The summed E-state index contributed by atoms with van der Waals surface area (Å²) in [7, 11) is 0. The van der Waals surface area contributed by atoms with E-state index in [2.05, 4.69) is 33.0 Å². The summed E-state index contributed by atoms with van der Waals surface area (Å²) < 4.78 is 1.40. The van der Waals surface area contributed by atoms with Gasteiger partial charge in [0.15, 0.2) is 8.68 Å². The Hall–Kier alpha value is -2.36. The van der Waals surface area contributed by atoms with Crippen LogP contribution in [0.15, 0.2) is 45.1 Å². The van der Waals surface area contributed by atoms with E-state index in [-0.39, 0.29) is 23.3 Å². The Morgan fingerprint density at radius 3 is 1.42 bits per heavy atom. The van der Waals surface area contributed by atoms with E-state index in [9.17, 15) is 9.59 Å². The van der Waals surface area contributed by atoms with Crippen molar-refractivity contribution in [3.05, 3.63) is 58.7 Å². The molecule has 0 bridgehead atoms. The summed E-state index contributed by atoms with van der Waals surface area (Å²) in [4.78, 5) is 24.4. The molecule has 0 saturated heterocycles. The van der Waals surface area contributed by atoms with E-state index >= 15 is 0 Å². The first-order chi connectivity index (χ1) is 14.8. The Kier molecular flexibility index (Phi) is 8.11. The molecule has 0 saturated carbocycles. The average Bonchev–Trinajstić information content (AvgIpc) is 3.11. The van der Waals surface area contributed by atoms with Crippen molar-refractivity contribution < 1.29 is 9.59 Å². The lowest BCUT2D eigenvalue weighted by molar-refractivity contribution is -0.114. The van der Waals surface area contributed by atoms with Gasteiger partial charge in [-0.3, -0.25) is 9.59 Å². The number of benzene rings is 2. The molecular formula is C22H24N4O2S3. The van der Waals surface area contributed by atoms with Crippen LogP contribution in [-0.4, -0.2) is 33.5 Å². The fourth-order valence-electron chi connectivity index (χ4n) is 3.06. The summed E-state index contributed by atoms with van der Waals surface area (Å²) in [6.45, 7) is 8.00. The standard InChI is InChI=1S/C22H24N4O2S3/c1-13-5-14(2)8-17(7-13)23-19(27)11-29-21-25-26-22(31-21)30-12-20(28)24-18-9-15(3)6-16(4)10-18/h5-10H,11-12H2,1-4H3,(H,23,27)(H,24,28). The molecule has 1 aromatic heterocycles. The van der Waals surface area contributed by atoms with E-state index in [1.54, 1.807) is 0 Å². The van der Waals surface area contributed by atoms with Crippen LogP contribution in [0.2, 0.25) is 0 Å². The topological polar surface area (TPSA) is 84.0 Å². The Morgan fingerprint density at radius 1 is 0.710 bits per heavy atom. The van der Waals surface area contributed by atoms with Gasteiger partial charge in [0, 0.05) is 11.4 Å². The van der Waals surface area contributed by atoms with Crippen molar-refractivity contribution in [2.45, 2.75) is 36.4 Å². The molecule has 2 amide bonds. The molecule has 3 rings (SSSR count). The van der Waals surface area contributed by atoms with Crippen molar-refractivity contribution in [1.82, 2.24) is 10.2 Å². The molecule has 0 aliphatic rings. The van der Waals surface area contributed by atoms with Crippen LogP contribution in [0, 0.1) is 27.7 Å². The van der Waals surface area contributed by atoms with Crippen LogP contribution in [0.5, 0.6) is 0 Å². The smallest absolute Gasteiger partial charge is 0.234 e. The van der Waals surface area contributed by atoms with E-state index in [4.69, 9.17) is 0 Å². The number of hydrogen-bond donors (Lipinski definition) is 2. The minimum atomic E-state index is -0.0905. The molecule has 0 unspecified atom stereocenters. The molecule has 162 valence electrons. The maximum absolute atomic E-state index is 12.2. The fraction of sp³-hybridized carbons (Fsp3) is 0.273. The predicted octanol–water partition coefficient (Wildman–Crippen LogP) is 5.23. The Balaban J connectivity index is 1.44. The maximum Gasteiger partial charge on any atom is 0.234 e. The highest BCUT2D eigenvalue weighted by Gasteiger charge is 2.11. The van der Waals surface area contributed by atoms with E-state index in [1.807, 2.05) is 52.0 Å². The zero-order valence-electron chi connectivity index (χ0n) is 17.8. The number of carbonyl (C=O) groups is 2. The number of anilines is 2. The van der Waals surface area contributed by atoms with Gasteiger partial charge in [0.25, 0.3) is 0 Å². The summed E-state index contributed by atoms with van der Waals surface area (Å²) >= 11 is 4.06. The number of hydrogen-bond acceptors (Lipinski definition) is 7. The maximum atomic E-state index is 12.2. The number of amides is 2. The van der Waals surface area contributed by atoms with Gasteiger partial charge in [0.2, 0.25) is 11.8 Å². The number of rotatable bonds is 8. The minimum absolute atomic E-state index is 0.0905. The Morgan fingerprint density at radius 2 is 1.06 bits per heavy atom. The molecule has 0 aliphatic carbocycles. The normalized spacial score (nSPS) is 10.7. The molecular weight excluding hydrogens is 448 g/mol. The first-order valence-electron chi connectivity index (χ1n) is 9.62. The molecule has 2 N–H and O–H groups in total. The van der Waals surface area contributed by atoms with Gasteiger partial charge < -0.3 is 10.6 Å². The average molecular weight is 473 g/mol. The summed E-state index contributed by atoms with van der Waals surface area (Å²) in [6, 6.07) is 11.9. The summed E-state index contributed by atoms with van der Waals surface area (Å²) in [5.41, 5.74) is 6.02. The number of aromatic nitrogens is 2. The van der Waals surface area contributed by atoms with Crippen LogP contribution in [-0.2, 0) is 9.59 Å². The zero-order chi connectivity index (χ0) is 22.4. The van der Waals surface area contributed by atoms with Crippen LogP contribution in [0.1, 0.15) is 22.3 Å². The van der Waals surface area contributed by atoms with Crippen molar-refractivity contribution in [2.75, 3.05) is 22.1 Å². The Labute approximate surface area is 194 Å². The highest BCUT2D eigenvalue weighted by molar-refractivity contribution is 8.03. The second-order valence-electron chi connectivity index (χ2n) is 7.26. The van der Waals surface area contributed by atoms with Gasteiger partial charge in [-0.2, -0.15) is 0 Å². The van der Waals surface area contributed by atoms with Crippen LogP contribution in [0.25, 0.3) is 0 Å². The lowest BCUT2D eigenvalue weighted by Crippen LogP contribution is -2.14. The van der Waals surface area contributed by atoms with Crippen molar-refractivity contribution in [2.24, 2.45) is 0 Å². The minimum Gasteiger partial charge on any atom is -0.325 e. The molecule has 0 aliphatic heterocycles. The summed E-state index contributed by atoms with van der Waals surface area (Å²) in [5.74, 6) is 0.318. The SMILES string of the molecule is Cc1cc(C)cc(NC(=O)CSc2nnc(SCC(=O)Nc3cc(C)cc(C)c3)s2)c1. The van der Waals surface area contributed by atoms with Gasteiger partial charge in [0.05, 0.1) is 11.5 Å². The lowest BCUT2D eigenvalue weighted by atomic mass is 10.1. The van der Waals surface area contributed by atoms with E-state index in [0.717, 1.165) is 33.6 Å². The quantitative estimate of drug-likeness (QED) is 0.437. The van der Waals surface area contributed by atoms with E-state index < -0.39 is 0 Å². The summed E-state index contributed by atoms with van der Waals surface area (Å²) in [6.07, 6.45) is 0. The molecule has 0 spiro atoms. The number of nitrogens with one attached hydrogen (secondary N) is 2. The second kappa shape index (κ2) is 10.8. The predicted molar refractivity (Wildman–Crippen MR) is 130 cm³/mol.